The largest absolute Gasteiger partial charge is 0.451 e. The Kier molecular flexibility index (Phi) is 7.50. The lowest BCUT2D eigenvalue weighted by molar-refractivity contribution is -0.145. The fourth-order valence-electron chi connectivity index (χ4n) is 3.73. The molecule has 1 amide bonds. The van der Waals surface area contributed by atoms with Crippen LogP contribution < -0.4 is 4.90 Å². The van der Waals surface area contributed by atoms with Crippen LogP contribution in [-0.2, 0) is 11.0 Å². The number of piperidine rings is 1. The predicted molar refractivity (Wildman–Crippen MR) is 103 cm³/mol. The summed E-state index contributed by atoms with van der Waals surface area (Å²) in [5, 5.41) is 0. The fraction of sp³-hybridized carbons (Fsp3) is 0.722. The molecule has 0 aromatic carbocycles. The number of halogens is 4. The van der Waals surface area contributed by atoms with Gasteiger partial charge in [-0.25, -0.2) is 9.97 Å². The molecule has 6 nitrogen and oxygen atoms in total. The minimum atomic E-state index is -4.53. The van der Waals surface area contributed by atoms with Crippen molar-refractivity contribution in [3.05, 3.63) is 18.2 Å². The average molecular weight is 422 g/mol. The molecule has 1 aromatic rings. The van der Waals surface area contributed by atoms with E-state index in [1.165, 1.54) is 12.4 Å². The van der Waals surface area contributed by atoms with Gasteiger partial charge in [0.05, 0.1) is 18.1 Å². The third kappa shape index (κ3) is 5.26. The smallest absolute Gasteiger partial charge is 0.369 e. The van der Waals surface area contributed by atoms with Crippen molar-refractivity contribution in [2.45, 2.75) is 38.9 Å². The lowest BCUT2D eigenvalue weighted by Gasteiger charge is -2.40. The van der Waals surface area contributed by atoms with Gasteiger partial charge in [0.1, 0.15) is 0 Å². The van der Waals surface area contributed by atoms with Gasteiger partial charge in [-0.2, -0.15) is 13.2 Å². The van der Waals surface area contributed by atoms with Crippen molar-refractivity contribution in [2.75, 3.05) is 44.2 Å². The molecular formula is C18H27ClF3N5O. The first-order valence-corrected chi connectivity index (χ1v) is 9.42. The molecule has 2 fully saturated rings. The highest BCUT2D eigenvalue weighted by molar-refractivity contribution is 5.85. The lowest BCUT2D eigenvalue weighted by Crippen LogP contribution is -2.53. The summed E-state index contributed by atoms with van der Waals surface area (Å²) in [5.74, 6) is -0.930. The first-order chi connectivity index (χ1) is 12.8. The van der Waals surface area contributed by atoms with Crippen molar-refractivity contribution in [3.8, 4) is 0 Å². The first-order valence-electron chi connectivity index (χ1n) is 9.42. The van der Waals surface area contributed by atoms with Crippen LogP contribution in [0, 0.1) is 5.92 Å². The summed E-state index contributed by atoms with van der Waals surface area (Å²) in [6.45, 7) is 8.93. The quantitative estimate of drug-likeness (QED) is 0.751. The third-order valence-corrected chi connectivity index (χ3v) is 5.46. The normalized spacial score (nSPS) is 19.6. The number of amides is 1. The van der Waals surface area contributed by atoms with E-state index in [9.17, 15) is 18.0 Å². The molecule has 10 heteroatoms. The van der Waals surface area contributed by atoms with Gasteiger partial charge >= 0.3 is 6.18 Å². The van der Waals surface area contributed by atoms with E-state index in [0.29, 0.717) is 37.7 Å². The van der Waals surface area contributed by atoms with Crippen molar-refractivity contribution in [2.24, 2.45) is 5.92 Å². The fourth-order valence-corrected chi connectivity index (χ4v) is 3.73. The molecule has 2 saturated heterocycles. The monoisotopic (exact) mass is 421 g/mol. The van der Waals surface area contributed by atoms with E-state index < -0.39 is 12.0 Å². The molecule has 0 radical (unpaired) electrons. The molecule has 3 rings (SSSR count). The van der Waals surface area contributed by atoms with Crippen molar-refractivity contribution in [1.82, 2.24) is 19.8 Å². The van der Waals surface area contributed by atoms with Crippen LogP contribution in [0.4, 0.5) is 18.9 Å². The maximum Gasteiger partial charge on any atom is 0.451 e. The third-order valence-electron chi connectivity index (χ3n) is 5.46. The number of alkyl halides is 3. The van der Waals surface area contributed by atoms with Gasteiger partial charge in [-0.1, -0.05) is 0 Å². The van der Waals surface area contributed by atoms with E-state index >= 15 is 0 Å². The molecule has 28 heavy (non-hydrogen) atoms. The standard InChI is InChI=1S/C18H26F3N5O.ClH/c1-13(2)24-7-9-26(10-8-24)16(27)14-3-5-25(6-4-14)15-11-22-17(23-12-15)18(19,20)21;/h11-14H,3-10H2,1-2H3;1H. The zero-order valence-electron chi connectivity index (χ0n) is 16.2. The van der Waals surface area contributed by atoms with E-state index in [1.807, 2.05) is 9.80 Å². The van der Waals surface area contributed by atoms with Crippen LogP contribution in [0.25, 0.3) is 0 Å². The van der Waals surface area contributed by atoms with Gasteiger partial charge in [-0.05, 0) is 26.7 Å². The summed E-state index contributed by atoms with van der Waals surface area (Å²) in [5.41, 5.74) is 0.569. The van der Waals surface area contributed by atoms with Gasteiger partial charge in [0, 0.05) is 51.2 Å². The van der Waals surface area contributed by atoms with Crippen molar-refractivity contribution >= 4 is 24.0 Å². The van der Waals surface area contributed by atoms with Crippen molar-refractivity contribution < 1.29 is 18.0 Å². The van der Waals surface area contributed by atoms with Gasteiger partial charge < -0.3 is 9.80 Å². The number of anilines is 1. The van der Waals surface area contributed by atoms with Gasteiger partial charge in [0.25, 0.3) is 0 Å². The SMILES string of the molecule is CC(C)N1CCN(C(=O)C2CCN(c3cnc(C(F)(F)F)nc3)CC2)CC1.Cl. The van der Waals surface area contributed by atoms with Crippen LogP contribution in [0.15, 0.2) is 12.4 Å². The number of piperazine rings is 1. The summed E-state index contributed by atoms with van der Waals surface area (Å²) < 4.78 is 37.7. The summed E-state index contributed by atoms with van der Waals surface area (Å²) in [4.78, 5) is 25.9. The second-order valence-electron chi connectivity index (χ2n) is 7.48. The summed E-state index contributed by atoms with van der Waals surface area (Å²) >= 11 is 0. The summed E-state index contributed by atoms with van der Waals surface area (Å²) in [6, 6.07) is 0.497. The molecule has 2 aliphatic heterocycles. The molecule has 0 saturated carbocycles. The highest BCUT2D eigenvalue weighted by Crippen LogP contribution is 2.28. The van der Waals surface area contributed by atoms with Crippen LogP contribution >= 0.6 is 12.4 Å². The number of rotatable bonds is 3. The maximum absolute atomic E-state index is 12.8. The Labute approximate surface area is 169 Å². The Balaban J connectivity index is 0.00000280. The molecule has 0 spiro atoms. The molecule has 0 bridgehead atoms. The summed E-state index contributed by atoms with van der Waals surface area (Å²) in [6.07, 6.45) is -0.710. The van der Waals surface area contributed by atoms with Gasteiger partial charge in [-0.15, -0.1) is 12.4 Å². The second-order valence-corrected chi connectivity index (χ2v) is 7.48. The number of carbonyl (C=O) groups is 1. The van der Waals surface area contributed by atoms with Crippen LogP contribution in [-0.4, -0.2) is 71.0 Å². The molecule has 3 heterocycles. The summed E-state index contributed by atoms with van der Waals surface area (Å²) in [7, 11) is 0. The first kappa shape index (κ1) is 22.7. The molecular weight excluding hydrogens is 395 g/mol. The molecule has 0 unspecified atom stereocenters. The van der Waals surface area contributed by atoms with Crippen LogP contribution in [0.2, 0.25) is 0 Å². The van der Waals surface area contributed by atoms with Gasteiger partial charge in [0.15, 0.2) is 0 Å². The number of hydrogen-bond donors (Lipinski definition) is 0. The Morgan fingerprint density at radius 1 is 1.04 bits per heavy atom. The van der Waals surface area contributed by atoms with Crippen molar-refractivity contribution in [1.29, 1.82) is 0 Å². The zero-order valence-corrected chi connectivity index (χ0v) is 17.0. The van der Waals surface area contributed by atoms with Crippen LogP contribution in [0.1, 0.15) is 32.5 Å². The molecule has 158 valence electrons. The average Bonchev–Trinajstić information content (AvgIpc) is 2.67. The van der Waals surface area contributed by atoms with Gasteiger partial charge in [0.2, 0.25) is 11.7 Å². The Bertz CT molecular complexity index is 640. The zero-order chi connectivity index (χ0) is 19.6. The van der Waals surface area contributed by atoms with E-state index in [1.54, 1.807) is 0 Å². The Morgan fingerprint density at radius 3 is 2.04 bits per heavy atom. The van der Waals surface area contributed by atoms with E-state index in [2.05, 4.69) is 28.7 Å². The van der Waals surface area contributed by atoms with E-state index in [0.717, 1.165) is 26.2 Å². The number of nitrogens with zero attached hydrogens (tertiary/aromatic N) is 5. The lowest BCUT2D eigenvalue weighted by atomic mass is 9.94. The number of aromatic nitrogens is 2. The van der Waals surface area contributed by atoms with Crippen LogP contribution in [0.3, 0.4) is 0 Å². The number of carbonyl (C=O) groups excluding carboxylic acids is 1. The highest BCUT2D eigenvalue weighted by Gasteiger charge is 2.35. The molecule has 0 atom stereocenters. The molecule has 2 aliphatic rings. The predicted octanol–water partition coefficient (Wildman–Crippen LogP) is 2.69. The molecule has 0 aliphatic carbocycles. The van der Waals surface area contributed by atoms with Gasteiger partial charge in [-0.3, -0.25) is 9.69 Å². The van der Waals surface area contributed by atoms with Crippen LogP contribution in [0.5, 0.6) is 0 Å². The minimum absolute atomic E-state index is 0. The van der Waals surface area contributed by atoms with E-state index in [-0.39, 0.29) is 24.2 Å². The Morgan fingerprint density at radius 2 is 1.57 bits per heavy atom. The number of hydrogen-bond acceptors (Lipinski definition) is 5. The highest BCUT2D eigenvalue weighted by atomic mass is 35.5. The molecule has 1 aromatic heterocycles. The minimum Gasteiger partial charge on any atom is -0.369 e. The maximum atomic E-state index is 12.8. The topological polar surface area (TPSA) is 52.6 Å². The van der Waals surface area contributed by atoms with E-state index in [4.69, 9.17) is 0 Å². The van der Waals surface area contributed by atoms with Crippen molar-refractivity contribution in [3.63, 3.8) is 0 Å². The molecule has 0 N–H and O–H groups in total. The second kappa shape index (κ2) is 9.26. The Hall–Kier alpha value is -1.61.